The van der Waals surface area contributed by atoms with Gasteiger partial charge in [0, 0.05) is 6.61 Å². The number of carbonyl (C=O) groups is 1. The summed E-state index contributed by atoms with van der Waals surface area (Å²) in [5, 5.41) is 0. The van der Waals surface area contributed by atoms with Gasteiger partial charge in [-0.3, -0.25) is 0 Å². The van der Waals surface area contributed by atoms with Crippen LogP contribution < -0.4 is 14.9 Å². The minimum absolute atomic E-state index is 0.0694. The lowest BCUT2D eigenvalue weighted by atomic mass is 9.77. The van der Waals surface area contributed by atoms with Gasteiger partial charge in [0.15, 0.2) is 0 Å². The first-order chi connectivity index (χ1) is 14.7. The molecule has 1 heterocycles. The second-order valence-electron chi connectivity index (χ2n) is 6.64. The molecule has 0 radical (unpaired) electrons. The van der Waals surface area contributed by atoms with E-state index in [1.54, 1.807) is 0 Å². The average molecular weight is 442 g/mol. The fraction of sp³-hybridized carbons (Fsp3) is 0.350. The van der Waals surface area contributed by atoms with Crippen LogP contribution in [0.2, 0.25) is 0 Å². The predicted octanol–water partition coefficient (Wildman–Crippen LogP) is 3.48. The van der Waals surface area contributed by atoms with E-state index in [2.05, 4.69) is 4.74 Å². The van der Waals surface area contributed by atoms with Crippen molar-refractivity contribution in [2.75, 3.05) is 19.8 Å². The normalized spacial score (nSPS) is 15.1. The Morgan fingerprint density at radius 2 is 1.74 bits per heavy atom. The van der Waals surface area contributed by atoms with Gasteiger partial charge >= 0.3 is 19.5 Å². The standard InChI is InChI=1S/C20H19BF4O6/c1-2-9-27-16-11-28-21(29-12-16)13-3-8-17(18(22)10-13)19(26)30-14-4-6-15(7-5-14)31-20(23,24)25/h3-8,10,16H,2,9,11-12H2,1H3. The Balaban J connectivity index is 1.59. The van der Waals surface area contributed by atoms with Crippen LogP contribution in [-0.2, 0) is 14.0 Å². The molecule has 0 amide bonds. The monoisotopic (exact) mass is 442 g/mol. The van der Waals surface area contributed by atoms with Crippen molar-refractivity contribution < 1.29 is 45.9 Å². The average Bonchev–Trinajstić information content (AvgIpc) is 2.73. The highest BCUT2D eigenvalue weighted by molar-refractivity contribution is 6.61. The van der Waals surface area contributed by atoms with Crippen LogP contribution in [0.5, 0.6) is 11.5 Å². The maximum Gasteiger partial charge on any atom is 0.573 e. The number of esters is 1. The number of ether oxygens (including phenoxy) is 3. The molecule has 0 N–H and O–H groups in total. The van der Waals surface area contributed by atoms with E-state index in [0.717, 1.165) is 36.8 Å². The summed E-state index contributed by atoms with van der Waals surface area (Å²) < 4.78 is 76.4. The van der Waals surface area contributed by atoms with E-state index in [0.29, 0.717) is 25.3 Å². The summed E-state index contributed by atoms with van der Waals surface area (Å²) >= 11 is 0. The molecule has 0 unspecified atom stereocenters. The third-order valence-electron chi connectivity index (χ3n) is 4.18. The van der Waals surface area contributed by atoms with Crippen LogP contribution in [0.1, 0.15) is 23.7 Å². The van der Waals surface area contributed by atoms with E-state index >= 15 is 0 Å². The van der Waals surface area contributed by atoms with Crippen molar-refractivity contribution in [3.05, 3.63) is 53.8 Å². The third-order valence-corrected chi connectivity index (χ3v) is 4.18. The molecule has 1 aliphatic rings. The van der Waals surface area contributed by atoms with Crippen molar-refractivity contribution in [2.24, 2.45) is 0 Å². The maximum absolute atomic E-state index is 14.5. The Kier molecular flexibility index (Phi) is 7.53. The molecule has 2 aromatic carbocycles. The molecular weight excluding hydrogens is 423 g/mol. The highest BCUT2D eigenvalue weighted by Crippen LogP contribution is 2.25. The molecule has 1 fully saturated rings. The van der Waals surface area contributed by atoms with Crippen molar-refractivity contribution in [3.8, 4) is 11.5 Å². The molecule has 11 heteroatoms. The Morgan fingerprint density at radius 3 is 2.32 bits per heavy atom. The summed E-state index contributed by atoms with van der Waals surface area (Å²) in [6, 6.07) is 7.96. The second kappa shape index (κ2) is 10.1. The molecule has 1 aliphatic heterocycles. The molecule has 2 aromatic rings. The highest BCUT2D eigenvalue weighted by atomic mass is 19.4. The van der Waals surface area contributed by atoms with Crippen molar-refractivity contribution in [3.63, 3.8) is 0 Å². The van der Waals surface area contributed by atoms with Crippen molar-refractivity contribution in [1.29, 1.82) is 0 Å². The van der Waals surface area contributed by atoms with Gasteiger partial charge in [0.1, 0.15) is 23.4 Å². The molecule has 0 saturated carbocycles. The smallest absolute Gasteiger partial charge is 0.423 e. The van der Waals surface area contributed by atoms with Gasteiger partial charge in [0.05, 0.1) is 18.8 Å². The van der Waals surface area contributed by atoms with Gasteiger partial charge in [-0.1, -0.05) is 13.0 Å². The molecular formula is C20H19BF4O6. The lowest BCUT2D eigenvalue weighted by Gasteiger charge is -2.27. The number of carbonyl (C=O) groups excluding carboxylic acids is 1. The van der Waals surface area contributed by atoms with Crippen LogP contribution in [0.25, 0.3) is 0 Å². The SMILES string of the molecule is CCCOC1COB(c2ccc(C(=O)Oc3ccc(OC(F)(F)F)cc3)c(F)c2)OC1. The van der Waals surface area contributed by atoms with E-state index in [1.807, 2.05) is 6.92 Å². The molecule has 0 spiro atoms. The summed E-state index contributed by atoms with van der Waals surface area (Å²) in [7, 11) is -0.790. The number of benzene rings is 2. The van der Waals surface area contributed by atoms with E-state index in [9.17, 15) is 22.4 Å². The first kappa shape index (κ1) is 23.0. The van der Waals surface area contributed by atoms with Crippen molar-refractivity contribution >= 4 is 18.6 Å². The predicted molar refractivity (Wildman–Crippen MR) is 102 cm³/mol. The Morgan fingerprint density at radius 1 is 1.10 bits per heavy atom. The van der Waals surface area contributed by atoms with Gasteiger partial charge in [0.25, 0.3) is 0 Å². The molecule has 166 valence electrons. The Hall–Kier alpha value is -2.63. The summed E-state index contributed by atoms with van der Waals surface area (Å²) in [6.45, 7) is 3.17. The molecule has 0 atom stereocenters. The topological polar surface area (TPSA) is 63.2 Å². The Labute approximate surface area is 176 Å². The fourth-order valence-corrected chi connectivity index (χ4v) is 2.77. The van der Waals surface area contributed by atoms with Gasteiger partial charge in [-0.25, -0.2) is 9.18 Å². The zero-order valence-electron chi connectivity index (χ0n) is 16.5. The van der Waals surface area contributed by atoms with Crippen molar-refractivity contribution in [1.82, 2.24) is 0 Å². The molecule has 6 nitrogen and oxygen atoms in total. The second-order valence-corrected chi connectivity index (χ2v) is 6.64. The van der Waals surface area contributed by atoms with Gasteiger partial charge in [0.2, 0.25) is 0 Å². The van der Waals surface area contributed by atoms with Crippen LogP contribution in [0, 0.1) is 5.82 Å². The van der Waals surface area contributed by atoms with Gasteiger partial charge in [-0.05, 0) is 48.3 Å². The minimum atomic E-state index is -4.84. The summed E-state index contributed by atoms with van der Waals surface area (Å²) in [5.41, 5.74) is 0.0379. The minimum Gasteiger partial charge on any atom is -0.423 e. The van der Waals surface area contributed by atoms with E-state index in [-0.39, 0.29) is 17.4 Å². The maximum atomic E-state index is 14.5. The number of alkyl halides is 3. The third kappa shape index (κ3) is 6.68. The van der Waals surface area contributed by atoms with Crippen LogP contribution in [0.4, 0.5) is 17.6 Å². The van der Waals surface area contributed by atoms with E-state index < -0.39 is 31.0 Å². The summed E-state index contributed by atoms with van der Waals surface area (Å²) in [4.78, 5) is 12.2. The summed E-state index contributed by atoms with van der Waals surface area (Å²) in [6.07, 6.45) is -4.16. The zero-order chi connectivity index (χ0) is 22.4. The van der Waals surface area contributed by atoms with Crippen LogP contribution in [-0.4, -0.2) is 45.4 Å². The van der Waals surface area contributed by atoms with Crippen LogP contribution in [0.15, 0.2) is 42.5 Å². The lowest BCUT2D eigenvalue weighted by Crippen LogP contribution is -2.47. The number of halogens is 4. The van der Waals surface area contributed by atoms with Crippen LogP contribution >= 0.6 is 0 Å². The van der Waals surface area contributed by atoms with E-state index in [1.165, 1.54) is 12.1 Å². The van der Waals surface area contributed by atoms with Crippen LogP contribution in [0.3, 0.4) is 0 Å². The molecule has 31 heavy (non-hydrogen) atoms. The molecule has 0 bridgehead atoms. The van der Waals surface area contributed by atoms with E-state index in [4.69, 9.17) is 18.8 Å². The summed E-state index contributed by atoms with van der Waals surface area (Å²) in [5.74, 6) is -2.40. The molecule has 3 rings (SSSR count). The lowest BCUT2D eigenvalue weighted by molar-refractivity contribution is -0.274. The zero-order valence-corrected chi connectivity index (χ0v) is 16.5. The highest BCUT2D eigenvalue weighted by Gasteiger charge is 2.32. The first-order valence-electron chi connectivity index (χ1n) is 9.47. The van der Waals surface area contributed by atoms with Gasteiger partial charge in [-0.15, -0.1) is 13.2 Å². The quantitative estimate of drug-likeness (QED) is 0.283. The van der Waals surface area contributed by atoms with Gasteiger partial charge < -0.3 is 23.5 Å². The van der Waals surface area contributed by atoms with Crippen molar-refractivity contribution in [2.45, 2.75) is 25.8 Å². The first-order valence-corrected chi connectivity index (χ1v) is 9.47. The number of rotatable bonds is 7. The van der Waals surface area contributed by atoms with Gasteiger partial charge in [-0.2, -0.15) is 0 Å². The number of hydrogen-bond acceptors (Lipinski definition) is 6. The fourth-order valence-electron chi connectivity index (χ4n) is 2.77. The Bertz CT molecular complexity index is 882. The number of hydrogen-bond donors (Lipinski definition) is 0. The largest absolute Gasteiger partial charge is 0.573 e. The molecule has 0 aliphatic carbocycles. The molecule has 0 aromatic heterocycles. The molecule has 1 saturated heterocycles.